The first-order valence-corrected chi connectivity index (χ1v) is 10.8. The van der Waals surface area contributed by atoms with Crippen LogP contribution in [0.3, 0.4) is 0 Å². The predicted molar refractivity (Wildman–Crippen MR) is 130 cm³/mol. The quantitative estimate of drug-likeness (QED) is 0.243. The molecule has 164 valence electrons. The van der Waals surface area contributed by atoms with Gasteiger partial charge in [-0.1, -0.05) is 41.4 Å². The maximum Gasteiger partial charge on any atom is 0.224 e. The normalized spacial score (nSPS) is 11.2. The molecule has 4 aromatic rings. The van der Waals surface area contributed by atoms with E-state index >= 15 is 0 Å². The number of para-hydroxylation sites is 2. The number of hydrazone groups is 1. The van der Waals surface area contributed by atoms with E-state index in [1.54, 1.807) is 18.3 Å². The minimum atomic E-state index is 0.303. The van der Waals surface area contributed by atoms with Crippen LogP contribution in [-0.4, -0.2) is 22.4 Å². The van der Waals surface area contributed by atoms with Crippen molar-refractivity contribution in [1.82, 2.24) is 9.55 Å². The fraction of sp³-hybridized carbons (Fsp3) is 0.167. The average Bonchev–Trinajstić information content (AvgIpc) is 3.10. The lowest BCUT2D eigenvalue weighted by molar-refractivity contribution is 0.269. The molecule has 0 aliphatic carbocycles. The van der Waals surface area contributed by atoms with Gasteiger partial charge in [0.25, 0.3) is 0 Å². The van der Waals surface area contributed by atoms with Gasteiger partial charge in [-0.2, -0.15) is 5.10 Å². The van der Waals surface area contributed by atoms with Crippen molar-refractivity contribution < 1.29 is 9.47 Å². The highest BCUT2D eigenvalue weighted by atomic mass is 35.5. The van der Waals surface area contributed by atoms with Crippen molar-refractivity contribution in [3.63, 3.8) is 0 Å². The molecular formula is C24H22Cl2N4O2. The summed E-state index contributed by atoms with van der Waals surface area (Å²) in [5, 5.41) is 5.48. The van der Waals surface area contributed by atoms with Crippen molar-refractivity contribution in [3.05, 3.63) is 81.8 Å². The predicted octanol–water partition coefficient (Wildman–Crippen LogP) is 6.30. The Morgan fingerprint density at radius 1 is 1.03 bits per heavy atom. The minimum Gasteiger partial charge on any atom is -0.490 e. The molecule has 1 N–H and O–H groups in total. The summed E-state index contributed by atoms with van der Waals surface area (Å²) in [4.78, 5) is 4.54. The third kappa shape index (κ3) is 4.98. The number of imidazole rings is 1. The number of aromatic nitrogens is 2. The molecule has 4 rings (SSSR count). The van der Waals surface area contributed by atoms with Crippen molar-refractivity contribution in [3.8, 4) is 11.5 Å². The van der Waals surface area contributed by atoms with Crippen molar-refractivity contribution in [2.24, 2.45) is 12.1 Å². The number of ether oxygens (including phenoxy) is 2. The molecule has 1 heterocycles. The van der Waals surface area contributed by atoms with E-state index in [9.17, 15) is 0 Å². The number of nitrogens with one attached hydrogen (secondary N) is 1. The van der Waals surface area contributed by atoms with Crippen LogP contribution in [0.2, 0.25) is 10.0 Å². The van der Waals surface area contributed by atoms with Crippen LogP contribution in [0.25, 0.3) is 11.0 Å². The summed E-state index contributed by atoms with van der Waals surface area (Å²) in [7, 11) is 1.94. The Bertz CT molecular complexity index is 1270. The molecule has 0 radical (unpaired) electrons. The van der Waals surface area contributed by atoms with E-state index < -0.39 is 0 Å². The van der Waals surface area contributed by atoms with Gasteiger partial charge in [-0.05, 0) is 55.0 Å². The lowest BCUT2D eigenvalue weighted by Gasteiger charge is -2.13. The summed E-state index contributed by atoms with van der Waals surface area (Å²) < 4.78 is 13.7. The molecule has 32 heavy (non-hydrogen) atoms. The van der Waals surface area contributed by atoms with E-state index in [4.69, 9.17) is 32.7 Å². The van der Waals surface area contributed by atoms with Crippen LogP contribution in [0.1, 0.15) is 18.1 Å². The van der Waals surface area contributed by atoms with Crippen molar-refractivity contribution in [2.45, 2.75) is 13.5 Å². The van der Waals surface area contributed by atoms with E-state index in [0.717, 1.165) is 22.2 Å². The number of anilines is 1. The third-order valence-corrected chi connectivity index (χ3v) is 5.42. The molecule has 0 aliphatic rings. The lowest BCUT2D eigenvalue weighted by atomic mass is 10.2. The van der Waals surface area contributed by atoms with E-state index in [0.29, 0.717) is 40.7 Å². The first-order valence-electron chi connectivity index (χ1n) is 10.1. The SMILES string of the molecule is CCOc1cc(/C=N\Nc2nc3ccccc3n2C)ccc1OCc1ccc(Cl)cc1Cl. The highest BCUT2D eigenvalue weighted by molar-refractivity contribution is 6.35. The van der Waals surface area contributed by atoms with E-state index in [1.807, 2.05) is 67.1 Å². The molecule has 1 aromatic heterocycles. The summed E-state index contributed by atoms with van der Waals surface area (Å²) >= 11 is 12.2. The zero-order valence-electron chi connectivity index (χ0n) is 17.7. The second-order valence-corrected chi connectivity index (χ2v) is 7.86. The van der Waals surface area contributed by atoms with Gasteiger partial charge in [0, 0.05) is 22.7 Å². The van der Waals surface area contributed by atoms with Gasteiger partial charge in [0.05, 0.1) is 23.9 Å². The van der Waals surface area contributed by atoms with Gasteiger partial charge in [-0.15, -0.1) is 0 Å². The Labute approximate surface area is 196 Å². The zero-order chi connectivity index (χ0) is 22.5. The van der Waals surface area contributed by atoms with E-state index in [1.165, 1.54) is 0 Å². The van der Waals surface area contributed by atoms with E-state index in [2.05, 4.69) is 15.5 Å². The van der Waals surface area contributed by atoms with Gasteiger partial charge >= 0.3 is 0 Å². The molecule has 0 unspecified atom stereocenters. The van der Waals surface area contributed by atoms with Gasteiger partial charge in [-0.25, -0.2) is 10.4 Å². The van der Waals surface area contributed by atoms with Gasteiger partial charge in [0.2, 0.25) is 5.95 Å². The van der Waals surface area contributed by atoms with Crippen LogP contribution in [0.5, 0.6) is 11.5 Å². The molecule has 0 amide bonds. The standard InChI is InChI=1S/C24H22Cl2N4O2/c1-3-31-23-12-16(8-11-22(23)32-15-17-9-10-18(25)13-19(17)26)14-27-29-24-28-20-6-4-5-7-21(20)30(24)2/h4-14H,3,15H2,1-2H3,(H,28,29)/b27-14-. The second kappa shape index (κ2) is 9.94. The number of hydrogen-bond donors (Lipinski definition) is 1. The van der Waals surface area contributed by atoms with Crippen LogP contribution in [0, 0.1) is 0 Å². The largest absolute Gasteiger partial charge is 0.490 e. The Balaban J connectivity index is 1.47. The van der Waals surface area contributed by atoms with Crippen LogP contribution in [0.15, 0.2) is 65.8 Å². The molecule has 0 saturated heterocycles. The highest BCUT2D eigenvalue weighted by Gasteiger charge is 2.09. The number of fused-ring (bicyclic) bond motifs is 1. The fourth-order valence-corrected chi connectivity index (χ4v) is 3.66. The van der Waals surface area contributed by atoms with Gasteiger partial charge < -0.3 is 14.0 Å². The van der Waals surface area contributed by atoms with Crippen LogP contribution in [0.4, 0.5) is 5.95 Å². The second-order valence-electron chi connectivity index (χ2n) is 7.02. The molecular weight excluding hydrogens is 447 g/mol. The Morgan fingerprint density at radius 3 is 2.66 bits per heavy atom. The van der Waals surface area contributed by atoms with E-state index in [-0.39, 0.29) is 0 Å². The smallest absolute Gasteiger partial charge is 0.224 e. The van der Waals surface area contributed by atoms with Crippen molar-refractivity contribution in [1.29, 1.82) is 0 Å². The molecule has 0 bridgehead atoms. The number of rotatable bonds is 8. The maximum atomic E-state index is 6.24. The van der Waals surface area contributed by atoms with Crippen LogP contribution < -0.4 is 14.9 Å². The first kappa shape index (κ1) is 22.0. The molecule has 6 nitrogen and oxygen atoms in total. The first-order chi connectivity index (χ1) is 15.5. The average molecular weight is 469 g/mol. The van der Waals surface area contributed by atoms with Crippen molar-refractivity contribution >= 4 is 46.4 Å². The summed E-state index contributed by atoms with van der Waals surface area (Å²) in [6.07, 6.45) is 1.71. The fourth-order valence-electron chi connectivity index (χ4n) is 3.20. The molecule has 8 heteroatoms. The van der Waals surface area contributed by atoms with Gasteiger partial charge in [-0.3, -0.25) is 0 Å². The summed E-state index contributed by atoms with van der Waals surface area (Å²) in [5.41, 5.74) is 6.64. The lowest BCUT2D eigenvalue weighted by Crippen LogP contribution is -2.01. The highest BCUT2D eigenvalue weighted by Crippen LogP contribution is 2.30. The third-order valence-electron chi connectivity index (χ3n) is 4.83. The number of halogens is 2. The zero-order valence-corrected chi connectivity index (χ0v) is 19.2. The van der Waals surface area contributed by atoms with Gasteiger partial charge in [0.15, 0.2) is 11.5 Å². The Hall–Kier alpha value is -3.22. The molecule has 3 aromatic carbocycles. The number of benzene rings is 3. The molecule has 0 atom stereocenters. The summed E-state index contributed by atoms with van der Waals surface area (Å²) in [5.74, 6) is 1.91. The molecule has 0 aliphatic heterocycles. The monoisotopic (exact) mass is 468 g/mol. The molecule has 0 saturated carbocycles. The van der Waals surface area contributed by atoms with Crippen LogP contribution in [-0.2, 0) is 13.7 Å². The topological polar surface area (TPSA) is 60.7 Å². The Morgan fingerprint density at radius 2 is 1.88 bits per heavy atom. The van der Waals surface area contributed by atoms with Crippen molar-refractivity contribution in [2.75, 3.05) is 12.0 Å². The van der Waals surface area contributed by atoms with Gasteiger partial charge in [0.1, 0.15) is 6.61 Å². The number of nitrogens with zero attached hydrogens (tertiary/aromatic N) is 3. The number of hydrogen-bond acceptors (Lipinski definition) is 5. The molecule has 0 fully saturated rings. The molecule has 0 spiro atoms. The van der Waals surface area contributed by atoms with Crippen LogP contribution >= 0.6 is 23.2 Å². The minimum absolute atomic E-state index is 0.303. The Kier molecular flexibility index (Phi) is 6.83. The maximum absolute atomic E-state index is 6.24. The summed E-state index contributed by atoms with van der Waals surface area (Å²) in [6.45, 7) is 2.74. The number of aryl methyl sites for hydroxylation is 1. The summed E-state index contributed by atoms with van der Waals surface area (Å²) in [6, 6.07) is 18.9.